The van der Waals surface area contributed by atoms with Gasteiger partial charge in [0, 0.05) is 12.1 Å². The monoisotopic (exact) mass is 307 g/mol. The minimum absolute atomic E-state index is 0.0867. The van der Waals surface area contributed by atoms with Crippen molar-refractivity contribution in [1.29, 1.82) is 0 Å². The molecule has 21 heavy (non-hydrogen) atoms. The minimum Gasteiger partial charge on any atom is -0.454 e. The summed E-state index contributed by atoms with van der Waals surface area (Å²) in [6, 6.07) is 9.12. The summed E-state index contributed by atoms with van der Waals surface area (Å²) in [5, 5.41) is 3.02. The normalized spacial score (nSPS) is 12.3. The summed E-state index contributed by atoms with van der Waals surface area (Å²) >= 11 is 6.02. The number of hydrogen-bond donors (Lipinski definition) is 1. The third kappa shape index (κ3) is 2.92. The standard InChI is InChI=1S/C15H11ClFNO3/c16-12-5-10(6-13-14(12)21-8-20-13)15(19)18-7-9-2-1-3-11(17)4-9/h1-6H,7-8H2,(H,18,19). The average molecular weight is 308 g/mol. The summed E-state index contributed by atoms with van der Waals surface area (Å²) in [4.78, 5) is 12.1. The molecule has 1 N–H and O–H groups in total. The van der Waals surface area contributed by atoms with Gasteiger partial charge in [-0.15, -0.1) is 0 Å². The fourth-order valence-electron chi connectivity index (χ4n) is 2.03. The third-order valence-corrected chi connectivity index (χ3v) is 3.31. The highest BCUT2D eigenvalue weighted by Crippen LogP contribution is 2.39. The Bertz CT molecular complexity index is 705. The summed E-state index contributed by atoms with van der Waals surface area (Å²) in [6.07, 6.45) is 0. The van der Waals surface area contributed by atoms with Crippen LogP contribution in [0.2, 0.25) is 5.02 Å². The number of ether oxygens (including phenoxy) is 2. The lowest BCUT2D eigenvalue weighted by Crippen LogP contribution is -2.22. The molecule has 0 saturated carbocycles. The molecule has 1 aliphatic rings. The van der Waals surface area contributed by atoms with Crippen LogP contribution in [0.15, 0.2) is 36.4 Å². The lowest BCUT2D eigenvalue weighted by Gasteiger charge is -2.07. The van der Waals surface area contributed by atoms with Crippen LogP contribution in [0.3, 0.4) is 0 Å². The number of halogens is 2. The Labute approximate surface area is 125 Å². The Hall–Kier alpha value is -2.27. The molecule has 2 aromatic carbocycles. The molecule has 0 bridgehead atoms. The van der Waals surface area contributed by atoms with Gasteiger partial charge < -0.3 is 14.8 Å². The van der Waals surface area contributed by atoms with E-state index in [0.717, 1.165) is 0 Å². The van der Waals surface area contributed by atoms with Crippen LogP contribution in [0.25, 0.3) is 0 Å². The van der Waals surface area contributed by atoms with E-state index in [1.807, 2.05) is 0 Å². The zero-order valence-electron chi connectivity index (χ0n) is 10.9. The Morgan fingerprint density at radius 3 is 2.95 bits per heavy atom. The van der Waals surface area contributed by atoms with Crippen LogP contribution in [0.4, 0.5) is 4.39 Å². The molecule has 0 radical (unpaired) electrons. The summed E-state index contributed by atoms with van der Waals surface area (Å²) in [7, 11) is 0. The van der Waals surface area contributed by atoms with E-state index < -0.39 is 0 Å². The average Bonchev–Trinajstić information content (AvgIpc) is 2.94. The second-order valence-corrected chi connectivity index (χ2v) is 4.91. The molecule has 0 spiro atoms. The maximum absolute atomic E-state index is 13.1. The van der Waals surface area contributed by atoms with E-state index in [1.165, 1.54) is 18.2 Å². The molecule has 1 aliphatic heterocycles. The number of amides is 1. The maximum Gasteiger partial charge on any atom is 0.251 e. The molecule has 0 unspecified atom stereocenters. The van der Waals surface area contributed by atoms with Crippen LogP contribution in [0, 0.1) is 5.82 Å². The number of fused-ring (bicyclic) bond motifs is 1. The molecule has 0 aliphatic carbocycles. The van der Waals surface area contributed by atoms with E-state index in [2.05, 4.69) is 5.32 Å². The topological polar surface area (TPSA) is 47.6 Å². The molecule has 6 heteroatoms. The first-order valence-corrected chi connectivity index (χ1v) is 6.63. The second-order valence-electron chi connectivity index (χ2n) is 4.50. The number of hydrogen-bond acceptors (Lipinski definition) is 3. The lowest BCUT2D eigenvalue weighted by atomic mass is 10.1. The van der Waals surface area contributed by atoms with Crippen LogP contribution < -0.4 is 14.8 Å². The zero-order chi connectivity index (χ0) is 14.8. The van der Waals surface area contributed by atoms with Crippen molar-refractivity contribution in [2.45, 2.75) is 6.54 Å². The molecule has 0 saturated heterocycles. The molecule has 108 valence electrons. The van der Waals surface area contributed by atoms with Crippen molar-refractivity contribution in [2.24, 2.45) is 0 Å². The first-order chi connectivity index (χ1) is 10.1. The van der Waals surface area contributed by atoms with E-state index in [1.54, 1.807) is 18.2 Å². The molecule has 1 heterocycles. The zero-order valence-corrected chi connectivity index (χ0v) is 11.6. The molecule has 0 aromatic heterocycles. The van der Waals surface area contributed by atoms with Gasteiger partial charge >= 0.3 is 0 Å². The Kier molecular flexibility index (Phi) is 3.66. The van der Waals surface area contributed by atoms with E-state index in [4.69, 9.17) is 21.1 Å². The van der Waals surface area contributed by atoms with Crippen LogP contribution in [0.1, 0.15) is 15.9 Å². The molecule has 4 nitrogen and oxygen atoms in total. The van der Waals surface area contributed by atoms with Crippen molar-refractivity contribution in [2.75, 3.05) is 6.79 Å². The van der Waals surface area contributed by atoms with E-state index in [-0.39, 0.29) is 25.1 Å². The number of benzene rings is 2. The number of rotatable bonds is 3. The van der Waals surface area contributed by atoms with Crippen molar-refractivity contribution in [3.63, 3.8) is 0 Å². The predicted molar refractivity (Wildman–Crippen MR) is 75.1 cm³/mol. The first kappa shape index (κ1) is 13.7. The van der Waals surface area contributed by atoms with Crippen LogP contribution in [0.5, 0.6) is 11.5 Å². The van der Waals surface area contributed by atoms with Crippen molar-refractivity contribution < 1.29 is 18.7 Å². The van der Waals surface area contributed by atoms with E-state index in [9.17, 15) is 9.18 Å². The van der Waals surface area contributed by atoms with E-state index in [0.29, 0.717) is 27.6 Å². The van der Waals surface area contributed by atoms with Gasteiger partial charge in [-0.25, -0.2) is 4.39 Å². The van der Waals surface area contributed by atoms with Gasteiger partial charge in [0.05, 0.1) is 5.02 Å². The highest BCUT2D eigenvalue weighted by atomic mass is 35.5. The maximum atomic E-state index is 13.1. The third-order valence-electron chi connectivity index (χ3n) is 3.03. The SMILES string of the molecule is O=C(NCc1cccc(F)c1)c1cc(Cl)c2c(c1)OCO2. The fraction of sp³-hybridized carbons (Fsp3) is 0.133. The Balaban J connectivity index is 1.73. The first-order valence-electron chi connectivity index (χ1n) is 6.25. The van der Waals surface area contributed by atoms with Gasteiger partial charge in [-0.05, 0) is 29.8 Å². The number of carbonyl (C=O) groups is 1. The van der Waals surface area contributed by atoms with Gasteiger partial charge in [0.15, 0.2) is 11.5 Å². The molecule has 0 atom stereocenters. The summed E-state index contributed by atoms with van der Waals surface area (Å²) in [6.45, 7) is 0.312. The van der Waals surface area contributed by atoms with Crippen LogP contribution in [-0.4, -0.2) is 12.7 Å². The molecule has 1 amide bonds. The molecule has 0 fully saturated rings. The smallest absolute Gasteiger partial charge is 0.251 e. The molecule has 2 aromatic rings. The van der Waals surface area contributed by atoms with Gasteiger partial charge in [0.25, 0.3) is 5.91 Å². The van der Waals surface area contributed by atoms with Gasteiger partial charge in [-0.2, -0.15) is 0 Å². The predicted octanol–water partition coefficient (Wildman–Crippen LogP) is 3.14. The minimum atomic E-state index is -0.340. The number of carbonyl (C=O) groups excluding carboxylic acids is 1. The summed E-state index contributed by atoms with van der Waals surface area (Å²) in [5.74, 6) is 0.226. The van der Waals surface area contributed by atoms with Gasteiger partial charge in [0.1, 0.15) is 5.82 Å². The molecular formula is C15H11ClFNO3. The van der Waals surface area contributed by atoms with Gasteiger partial charge in [-0.1, -0.05) is 23.7 Å². The van der Waals surface area contributed by atoms with Gasteiger partial charge in [-0.3, -0.25) is 4.79 Å². The van der Waals surface area contributed by atoms with Crippen molar-refractivity contribution >= 4 is 17.5 Å². The quantitative estimate of drug-likeness (QED) is 0.947. The molecular weight excluding hydrogens is 297 g/mol. The Morgan fingerprint density at radius 1 is 1.29 bits per heavy atom. The summed E-state index contributed by atoms with van der Waals surface area (Å²) in [5.41, 5.74) is 1.04. The van der Waals surface area contributed by atoms with E-state index >= 15 is 0 Å². The van der Waals surface area contributed by atoms with Crippen LogP contribution in [-0.2, 0) is 6.54 Å². The largest absolute Gasteiger partial charge is 0.454 e. The lowest BCUT2D eigenvalue weighted by molar-refractivity contribution is 0.0950. The highest BCUT2D eigenvalue weighted by molar-refractivity contribution is 6.32. The Morgan fingerprint density at radius 2 is 2.14 bits per heavy atom. The summed E-state index contributed by atoms with van der Waals surface area (Å²) < 4.78 is 23.4. The van der Waals surface area contributed by atoms with Crippen molar-refractivity contribution in [3.05, 3.63) is 58.4 Å². The fourth-order valence-corrected chi connectivity index (χ4v) is 2.30. The van der Waals surface area contributed by atoms with Crippen molar-refractivity contribution in [1.82, 2.24) is 5.32 Å². The van der Waals surface area contributed by atoms with Gasteiger partial charge in [0.2, 0.25) is 6.79 Å². The highest BCUT2D eigenvalue weighted by Gasteiger charge is 2.20. The second kappa shape index (κ2) is 5.61. The van der Waals surface area contributed by atoms with Crippen LogP contribution >= 0.6 is 11.6 Å². The van der Waals surface area contributed by atoms with Crippen molar-refractivity contribution in [3.8, 4) is 11.5 Å². The number of nitrogens with one attached hydrogen (secondary N) is 1. The molecule has 3 rings (SSSR count).